The number of carbonyl (C=O) groups excluding carboxylic acids is 9. The lowest BCUT2D eigenvalue weighted by molar-refractivity contribution is -0.199. The molecule has 2 saturated heterocycles. The zero-order valence-corrected chi connectivity index (χ0v) is 49.2. The molecule has 21 nitrogen and oxygen atoms in total. The van der Waals surface area contributed by atoms with E-state index in [-0.39, 0.29) is 91.3 Å². The quantitative estimate of drug-likeness (QED) is 0.0541. The van der Waals surface area contributed by atoms with E-state index in [1.807, 2.05) is 81.8 Å². The maximum absolute atomic E-state index is 14.6. The van der Waals surface area contributed by atoms with Crippen molar-refractivity contribution in [2.75, 3.05) is 68.1 Å². The van der Waals surface area contributed by atoms with Gasteiger partial charge in [0.15, 0.2) is 0 Å². The molecule has 9 amide bonds. The van der Waals surface area contributed by atoms with Crippen molar-refractivity contribution in [1.29, 1.82) is 0 Å². The number of unbranched alkanes of at least 4 members (excludes halogenated alkanes) is 2. The zero-order valence-electron chi connectivity index (χ0n) is 49.2. The molecule has 1 aromatic carbocycles. The number of hydrogen-bond acceptors (Lipinski definition) is 14. The first-order chi connectivity index (χ1) is 37.6. The van der Waals surface area contributed by atoms with Crippen LogP contribution in [0.4, 0.5) is 0 Å². The summed E-state index contributed by atoms with van der Waals surface area (Å²) in [5.41, 5.74) is 3.49. The third-order valence-corrected chi connectivity index (χ3v) is 15.8. The molecule has 0 aliphatic carbocycles. The highest BCUT2D eigenvalue weighted by Crippen LogP contribution is 2.31. The second-order valence-electron chi connectivity index (χ2n) is 22.3. The molecule has 0 spiro atoms. The van der Waals surface area contributed by atoms with Crippen LogP contribution in [0.1, 0.15) is 131 Å². The summed E-state index contributed by atoms with van der Waals surface area (Å²) in [5.74, 6) is -4.41. The van der Waals surface area contributed by atoms with Crippen LogP contribution in [0.15, 0.2) is 42.5 Å². The lowest BCUT2D eigenvalue weighted by atomic mass is 9.87. The Kier molecular flexibility index (Phi) is 27.2. The molecule has 9 atom stereocenters. The number of imide groups is 2. The molecule has 2 fully saturated rings. The van der Waals surface area contributed by atoms with Gasteiger partial charge in [-0.15, -0.1) is 0 Å². The van der Waals surface area contributed by atoms with E-state index in [4.69, 9.17) is 14.3 Å². The van der Waals surface area contributed by atoms with Crippen molar-refractivity contribution in [2.45, 2.75) is 174 Å². The van der Waals surface area contributed by atoms with Gasteiger partial charge in [-0.05, 0) is 88.9 Å². The third kappa shape index (κ3) is 19.0. The summed E-state index contributed by atoms with van der Waals surface area (Å²) in [5, 5.41) is 8.24. The van der Waals surface area contributed by atoms with Crippen molar-refractivity contribution >= 4 is 53.2 Å². The number of nitrogens with zero attached hydrogens (tertiary/aromatic N) is 6. The van der Waals surface area contributed by atoms with Crippen LogP contribution in [0.25, 0.3) is 0 Å². The monoisotopic (exact) mass is 1110 g/mol. The molecule has 3 aliphatic rings. The molecule has 21 heteroatoms. The van der Waals surface area contributed by atoms with E-state index in [1.165, 1.54) is 31.4 Å². The molecule has 4 rings (SSSR count). The van der Waals surface area contributed by atoms with Crippen LogP contribution in [0, 0.1) is 23.7 Å². The van der Waals surface area contributed by atoms with Crippen LogP contribution in [0.3, 0.4) is 0 Å². The average Bonchev–Trinajstić information content (AvgIpc) is 4.05. The van der Waals surface area contributed by atoms with E-state index in [9.17, 15) is 43.2 Å². The van der Waals surface area contributed by atoms with Gasteiger partial charge in [0, 0.05) is 78.4 Å². The summed E-state index contributed by atoms with van der Waals surface area (Å²) in [6, 6.07) is 6.23. The minimum Gasteiger partial charge on any atom is -0.379 e. The first kappa shape index (κ1) is 65.9. The molecule has 0 aromatic heterocycles. The summed E-state index contributed by atoms with van der Waals surface area (Å²) >= 11 is 0. The molecule has 0 bridgehead atoms. The lowest BCUT2D eigenvalue weighted by Crippen LogP contribution is -2.60. The van der Waals surface area contributed by atoms with Gasteiger partial charge in [0.05, 0.1) is 49.3 Å². The number of hydrazine groups is 1. The SMILES string of the molecule is CC[C@H](C)[C@@H]([C@@H](CC(=O)N1CCC[C@H]1[C@H](OC)[C@@H](C)C(=O)N[C@@H](Cc1ccccc1)C(=O)N1CCCCO1)OC)N(C)[C@H](C(=O)NC(=O)[C@H](C(C)C)N(C)CCCC(=O)N(C)NC(=O)CCCCCN1C(=O)C=CC1=O)C(C)C. The number of likely N-dealkylation sites (tertiary alicyclic amines) is 1. The maximum Gasteiger partial charge on any atom is 0.269 e. The zero-order chi connectivity index (χ0) is 58.5. The Morgan fingerprint density at radius 1 is 0.772 bits per heavy atom. The summed E-state index contributed by atoms with van der Waals surface area (Å²) < 4.78 is 12.2. The smallest absolute Gasteiger partial charge is 0.269 e. The number of nitrogens with one attached hydrogen (secondary N) is 3. The average molecular weight is 1110 g/mol. The van der Waals surface area contributed by atoms with Crippen LogP contribution in [-0.2, 0) is 63.9 Å². The largest absolute Gasteiger partial charge is 0.379 e. The Morgan fingerprint density at radius 2 is 1.43 bits per heavy atom. The Labute approximate surface area is 469 Å². The first-order valence-electron chi connectivity index (χ1n) is 28.6. The van der Waals surface area contributed by atoms with E-state index in [1.54, 1.807) is 26.0 Å². The van der Waals surface area contributed by atoms with Gasteiger partial charge in [-0.25, -0.2) is 5.06 Å². The molecule has 0 radical (unpaired) electrons. The van der Waals surface area contributed by atoms with E-state index < -0.39 is 60.1 Å². The van der Waals surface area contributed by atoms with Crippen LogP contribution < -0.4 is 16.1 Å². The number of carbonyl (C=O) groups is 9. The van der Waals surface area contributed by atoms with Gasteiger partial charge in [-0.2, -0.15) is 0 Å². The van der Waals surface area contributed by atoms with E-state index >= 15 is 0 Å². The van der Waals surface area contributed by atoms with E-state index in [0.717, 1.165) is 28.3 Å². The number of benzene rings is 1. The van der Waals surface area contributed by atoms with Crippen LogP contribution in [0.5, 0.6) is 0 Å². The van der Waals surface area contributed by atoms with Crippen LogP contribution in [0.2, 0.25) is 0 Å². The fourth-order valence-corrected chi connectivity index (χ4v) is 11.4. The van der Waals surface area contributed by atoms with Gasteiger partial charge in [-0.3, -0.25) is 78.4 Å². The van der Waals surface area contributed by atoms with Crippen LogP contribution >= 0.6 is 0 Å². The number of hydroxylamine groups is 2. The van der Waals surface area contributed by atoms with Gasteiger partial charge in [-0.1, -0.05) is 91.6 Å². The van der Waals surface area contributed by atoms with Crippen molar-refractivity contribution in [3.05, 3.63) is 48.0 Å². The summed E-state index contributed by atoms with van der Waals surface area (Å²) in [7, 11) is 8.18. The number of amides is 9. The number of ether oxygens (including phenoxy) is 2. The highest BCUT2D eigenvalue weighted by molar-refractivity contribution is 6.12. The number of likely N-dealkylation sites (N-methyl/N-ethyl adjacent to an activating group) is 2. The van der Waals surface area contributed by atoms with Crippen molar-refractivity contribution in [1.82, 2.24) is 45.7 Å². The van der Waals surface area contributed by atoms with Gasteiger partial charge in [0.25, 0.3) is 17.7 Å². The minimum absolute atomic E-state index is 0.0177. The highest BCUT2D eigenvalue weighted by Gasteiger charge is 2.44. The normalized spacial score (nSPS) is 18.8. The lowest BCUT2D eigenvalue weighted by Gasteiger charge is -2.43. The minimum atomic E-state index is -0.880. The Hall–Kier alpha value is -5.61. The standard InChI is InChI=1S/C58H93N9O12/c1-13-40(6)53(45(77-11)37-50(72)65-33-22-26-44(65)54(78-12)41(7)55(73)59-43(36-42-24-16-14-17-25-42)58(76)67-34-20-21-35-79-67)63(9)52(39(4)5)57(75)60-56(74)51(38(2)3)62(8)31-23-28-47(69)64(10)61-46(68)27-18-15-19-32-66-48(70)29-30-49(66)71/h14,16-17,24-25,29-30,38-41,43-45,51-54H,13,15,18-23,26-28,31-37H2,1-12H3,(H,59,73)(H,61,68)(H,60,74,75)/t40-,41+,43-,44-,45+,51-,52-,53-,54+/m0/s1. The van der Waals surface area contributed by atoms with E-state index in [2.05, 4.69) is 23.0 Å². The molecular formula is C58H93N9O12. The molecule has 0 unspecified atom stereocenters. The molecule has 3 N–H and O–H groups in total. The number of hydrogen-bond donors (Lipinski definition) is 3. The Morgan fingerprint density at radius 3 is 2.03 bits per heavy atom. The fourth-order valence-electron chi connectivity index (χ4n) is 11.4. The summed E-state index contributed by atoms with van der Waals surface area (Å²) in [6.45, 7) is 15.4. The Balaban J connectivity index is 1.36. The Bertz CT molecular complexity index is 2210. The van der Waals surface area contributed by atoms with Crippen molar-refractivity contribution in [2.24, 2.45) is 23.7 Å². The predicted molar refractivity (Wildman–Crippen MR) is 298 cm³/mol. The van der Waals surface area contributed by atoms with E-state index in [0.29, 0.717) is 71.2 Å². The fraction of sp³-hybridized carbons (Fsp3) is 0.707. The predicted octanol–water partition coefficient (Wildman–Crippen LogP) is 4.04. The second-order valence-corrected chi connectivity index (χ2v) is 22.3. The van der Waals surface area contributed by atoms with Gasteiger partial charge in [0.1, 0.15) is 6.04 Å². The maximum atomic E-state index is 14.6. The van der Waals surface area contributed by atoms with Crippen molar-refractivity contribution in [3.8, 4) is 0 Å². The van der Waals surface area contributed by atoms with Crippen molar-refractivity contribution in [3.63, 3.8) is 0 Å². The van der Waals surface area contributed by atoms with Crippen LogP contribution in [-0.4, -0.2) is 193 Å². The topological polar surface area (TPSA) is 237 Å². The molecule has 1 aromatic rings. The second kappa shape index (κ2) is 32.6. The molecule has 3 heterocycles. The van der Waals surface area contributed by atoms with Gasteiger partial charge < -0.3 is 19.7 Å². The van der Waals surface area contributed by atoms with Gasteiger partial charge in [0.2, 0.25) is 35.4 Å². The summed E-state index contributed by atoms with van der Waals surface area (Å²) in [4.78, 5) is 133. The molecule has 79 heavy (non-hydrogen) atoms. The van der Waals surface area contributed by atoms with Crippen molar-refractivity contribution < 1.29 is 57.5 Å². The number of rotatable bonds is 31. The van der Waals surface area contributed by atoms with Gasteiger partial charge >= 0.3 is 0 Å². The molecule has 0 saturated carbocycles. The highest BCUT2D eigenvalue weighted by atomic mass is 16.7. The molecule has 3 aliphatic heterocycles. The third-order valence-electron chi connectivity index (χ3n) is 15.8. The first-order valence-corrected chi connectivity index (χ1v) is 28.6. The molecule has 442 valence electrons. The number of methoxy groups -OCH3 is 2. The summed E-state index contributed by atoms with van der Waals surface area (Å²) in [6.07, 6.45) is 7.37. The molecular weight excluding hydrogens is 1010 g/mol.